The van der Waals surface area contributed by atoms with Crippen molar-refractivity contribution in [3.05, 3.63) is 0 Å². The van der Waals surface area contributed by atoms with Crippen molar-refractivity contribution < 1.29 is 4.79 Å². The third-order valence-electron chi connectivity index (χ3n) is 3.93. The number of likely N-dealkylation sites (tertiary alicyclic amines) is 1. The standard InChI is InChI=1S/C13H25N3O/c1-16-8-2-3-12(10-16)15-13(17)5-4-11-6-7-14-9-11/h11-12,14H,2-10H2,1H3,(H,15,17). The van der Waals surface area contributed by atoms with Gasteiger partial charge in [-0.05, 0) is 58.3 Å². The second-order valence-electron chi connectivity index (χ2n) is 5.57. The molecule has 2 aliphatic heterocycles. The minimum atomic E-state index is 0.247. The number of hydrogen-bond acceptors (Lipinski definition) is 3. The van der Waals surface area contributed by atoms with E-state index in [1.165, 1.54) is 19.4 Å². The highest BCUT2D eigenvalue weighted by atomic mass is 16.1. The second-order valence-corrected chi connectivity index (χ2v) is 5.57. The van der Waals surface area contributed by atoms with Crippen LogP contribution in [0.2, 0.25) is 0 Å². The summed E-state index contributed by atoms with van der Waals surface area (Å²) in [4.78, 5) is 14.1. The number of carbonyl (C=O) groups is 1. The molecule has 0 saturated carbocycles. The molecular weight excluding hydrogens is 214 g/mol. The van der Waals surface area contributed by atoms with Gasteiger partial charge in [-0.15, -0.1) is 0 Å². The van der Waals surface area contributed by atoms with E-state index in [2.05, 4.69) is 22.6 Å². The van der Waals surface area contributed by atoms with Gasteiger partial charge in [0.1, 0.15) is 0 Å². The van der Waals surface area contributed by atoms with Crippen LogP contribution in [0.1, 0.15) is 32.1 Å². The van der Waals surface area contributed by atoms with Crippen molar-refractivity contribution in [1.29, 1.82) is 0 Å². The summed E-state index contributed by atoms with van der Waals surface area (Å²) in [5, 5.41) is 6.52. The van der Waals surface area contributed by atoms with Crippen LogP contribution in [0.5, 0.6) is 0 Å². The molecule has 98 valence electrons. The van der Waals surface area contributed by atoms with Crippen molar-refractivity contribution in [3.63, 3.8) is 0 Å². The van der Waals surface area contributed by atoms with Gasteiger partial charge in [0.15, 0.2) is 0 Å². The van der Waals surface area contributed by atoms with Crippen LogP contribution in [0, 0.1) is 5.92 Å². The lowest BCUT2D eigenvalue weighted by molar-refractivity contribution is -0.122. The van der Waals surface area contributed by atoms with Crippen LogP contribution in [-0.2, 0) is 4.79 Å². The Labute approximate surface area is 104 Å². The van der Waals surface area contributed by atoms with Gasteiger partial charge in [0, 0.05) is 19.0 Å². The fraction of sp³-hybridized carbons (Fsp3) is 0.923. The zero-order valence-electron chi connectivity index (χ0n) is 10.9. The summed E-state index contributed by atoms with van der Waals surface area (Å²) in [6.07, 6.45) is 5.32. The lowest BCUT2D eigenvalue weighted by atomic mass is 10.0. The van der Waals surface area contributed by atoms with Gasteiger partial charge in [-0.25, -0.2) is 0 Å². The number of hydrogen-bond donors (Lipinski definition) is 2. The summed E-state index contributed by atoms with van der Waals surface area (Å²) >= 11 is 0. The Bertz CT molecular complexity index is 251. The van der Waals surface area contributed by atoms with E-state index in [-0.39, 0.29) is 5.91 Å². The van der Waals surface area contributed by atoms with Crippen LogP contribution < -0.4 is 10.6 Å². The third-order valence-corrected chi connectivity index (χ3v) is 3.93. The first-order valence-corrected chi connectivity index (χ1v) is 6.92. The van der Waals surface area contributed by atoms with E-state index in [1.54, 1.807) is 0 Å². The molecule has 0 radical (unpaired) electrons. The number of amides is 1. The van der Waals surface area contributed by atoms with Gasteiger partial charge in [-0.1, -0.05) is 0 Å². The minimum absolute atomic E-state index is 0.247. The SMILES string of the molecule is CN1CCCC(NC(=O)CCC2CCNC2)C1. The van der Waals surface area contributed by atoms with Gasteiger partial charge in [-0.2, -0.15) is 0 Å². The molecule has 0 aromatic heterocycles. The van der Waals surface area contributed by atoms with Crippen LogP contribution in [0.15, 0.2) is 0 Å². The molecule has 2 saturated heterocycles. The van der Waals surface area contributed by atoms with E-state index >= 15 is 0 Å². The Balaban J connectivity index is 1.62. The Morgan fingerprint density at radius 1 is 1.47 bits per heavy atom. The maximum Gasteiger partial charge on any atom is 0.220 e. The molecule has 2 fully saturated rings. The monoisotopic (exact) mass is 239 g/mol. The maximum absolute atomic E-state index is 11.8. The van der Waals surface area contributed by atoms with Gasteiger partial charge < -0.3 is 15.5 Å². The third kappa shape index (κ3) is 4.28. The molecule has 0 aromatic rings. The maximum atomic E-state index is 11.8. The Kier molecular flexibility index (Phi) is 4.80. The molecular formula is C13H25N3O. The average Bonchev–Trinajstić information content (AvgIpc) is 2.79. The Morgan fingerprint density at radius 3 is 3.06 bits per heavy atom. The molecule has 0 bridgehead atoms. The minimum Gasteiger partial charge on any atom is -0.352 e. The molecule has 2 heterocycles. The molecule has 0 aromatic carbocycles. The van der Waals surface area contributed by atoms with Gasteiger partial charge in [-0.3, -0.25) is 4.79 Å². The molecule has 2 unspecified atom stereocenters. The quantitative estimate of drug-likeness (QED) is 0.754. The van der Waals surface area contributed by atoms with Crippen LogP contribution in [0.4, 0.5) is 0 Å². The van der Waals surface area contributed by atoms with Crippen LogP contribution in [0.3, 0.4) is 0 Å². The number of carbonyl (C=O) groups excluding carboxylic acids is 1. The zero-order valence-corrected chi connectivity index (χ0v) is 10.9. The van der Waals surface area contributed by atoms with Crippen molar-refractivity contribution in [2.75, 3.05) is 33.2 Å². The van der Waals surface area contributed by atoms with Crippen LogP contribution in [-0.4, -0.2) is 50.1 Å². The van der Waals surface area contributed by atoms with Crippen molar-refractivity contribution in [2.45, 2.75) is 38.1 Å². The Hall–Kier alpha value is -0.610. The van der Waals surface area contributed by atoms with E-state index in [0.29, 0.717) is 12.5 Å². The number of nitrogens with zero attached hydrogens (tertiary/aromatic N) is 1. The summed E-state index contributed by atoms with van der Waals surface area (Å²) in [6, 6.07) is 0.378. The first-order valence-electron chi connectivity index (χ1n) is 6.92. The predicted molar refractivity (Wildman–Crippen MR) is 68.9 cm³/mol. The Morgan fingerprint density at radius 2 is 2.35 bits per heavy atom. The molecule has 17 heavy (non-hydrogen) atoms. The molecule has 2 rings (SSSR count). The predicted octanol–water partition coefficient (Wildman–Crippen LogP) is 0.587. The summed E-state index contributed by atoms with van der Waals surface area (Å²) in [5.41, 5.74) is 0. The van der Waals surface area contributed by atoms with Crippen LogP contribution >= 0.6 is 0 Å². The number of nitrogens with one attached hydrogen (secondary N) is 2. The van der Waals surface area contributed by atoms with E-state index in [4.69, 9.17) is 0 Å². The van der Waals surface area contributed by atoms with E-state index in [1.807, 2.05) is 0 Å². The first kappa shape index (κ1) is 12.8. The lowest BCUT2D eigenvalue weighted by Gasteiger charge is -2.30. The summed E-state index contributed by atoms with van der Waals surface area (Å²) in [7, 11) is 2.13. The molecule has 2 aliphatic rings. The summed E-state index contributed by atoms with van der Waals surface area (Å²) in [5.74, 6) is 0.965. The van der Waals surface area contributed by atoms with Gasteiger partial charge in [0.25, 0.3) is 0 Å². The fourth-order valence-electron chi connectivity index (χ4n) is 2.88. The van der Waals surface area contributed by atoms with Crippen LogP contribution in [0.25, 0.3) is 0 Å². The highest BCUT2D eigenvalue weighted by Gasteiger charge is 2.20. The molecule has 2 atom stereocenters. The molecule has 4 nitrogen and oxygen atoms in total. The summed E-state index contributed by atoms with van der Waals surface area (Å²) in [6.45, 7) is 4.40. The van der Waals surface area contributed by atoms with Crippen molar-refractivity contribution in [3.8, 4) is 0 Å². The zero-order chi connectivity index (χ0) is 12.1. The second kappa shape index (κ2) is 6.36. The molecule has 0 aliphatic carbocycles. The van der Waals surface area contributed by atoms with Crippen molar-refractivity contribution >= 4 is 5.91 Å². The summed E-state index contributed by atoms with van der Waals surface area (Å²) < 4.78 is 0. The highest BCUT2D eigenvalue weighted by Crippen LogP contribution is 2.14. The van der Waals surface area contributed by atoms with Gasteiger partial charge in [0.05, 0.1) is 0 Å². The largest absolute Gasteiger partial charge is 0.352 e. The number of likely N-dealkylation sites (N-methyl/N-ethyl adjacent to an activating group) is 1. The topological polar surface area (TPSA) is 44.4 Å². The fourth-order valence-corrected chi connectivity index (χ4v) is 2.88. The van der Waals surface area contributed by atoms with Crippen molar-refractivity contribution in [2.24, 2.45) is 5.92 Å². The van der Waals surface area contributed by atoms with Crippen molar-refractivity contribution in [1.82, 2.24) is 15.5 Å². The molecule has 0 spiro atoms. The number of rotatable bonds is 4. The van der Waals surface area contributed by atoms with Gasteiger partial charge in [0.2, 0.25) is 5.91 Å². The average molecular weight is 239 g/mol. The van der Waals surface area contributed by atoms with E-state index < -0.39 is 0 Å². The number of piperidine rings is 1. The van der Waals surface area contributed by atoms with E-state index in [0.717, 1.165) is 38.4 Å². The molecule has 4 heteroatoms. The van der Waals surface area contributed by atoms with Gasteiger partial charge >= 0.3 is 0 Å². The van der Waals surface area contributed by atoms with E-state index in [9.17, 15) is 4.79 Å². The highest BCUT2D eigenvalue weighted by molar-refractivity contribution is 5.76. The normalized spacial score (nSPS) is 30.4. The lowest BCUT2D eigenvalue weighted by Crippen LogP contribution is -2.46. The smallest absolute Gasteiger partial charge is 0.220 e. The molecule has 1 amide bonds. The first-order chi connectivity index (χ1) is 8.24. The molecule has 2 N–H and O–H groups in total.